The van der Waals surface area contributed by atoms with Gasteiger partial charge in [-0.05, 0) is 18.8 Å². The van der Waals surface area contributed by atoms with Gasteiger partial charge in [0.1, 0.15) is 12.2 Å². The Bertz CT molecular complexity index is 442. The maximum absolute atomic E-state index is 4.49. The van der Waals surface area contributed by atoms with Crippen molar-refractivity contribution in [2.24, 2.45) is 5.92 Å². The fourth-order valence-corrected chi connectivity index (χ4v) is 3.85. The summed E-state index contributed by atoms with van der Waals surface area (Å²) in [4.78, 5) is 7.06. The van der Waals surface area contributed by atoms with Gasteiger partial charge in [0, 0.05) is 31.7 Å². The molecule has 0 bridgehead atoms. The number of rotatable bonds is 4. The van der Waals surface area contributed by atoms with Crippen LogP contribution in [0.15, 0.2) is 6.33 Å². The summed E-state index contributed by atoms with van der Waals surface area (Å²) in [5.74, 6) is 1.73. The van der Waals surface area contributed by atoms with Crippen molar-refractivity contribution in [3.05, 3.63) is 12.2 Å². The van der Waals surface area contributed by atoms with E-state index in [1.165, 1.54) is 38.6 Å². The van der Waals surface area contributed by atoms with Gasteiger partial charge in [-0.3, -0.25) is 4.90 Å². The minimum atomic E-state index is 0.374. The third-order valence-electron chi connectivity index (χ3n) is 4.86. The highest BCUT2D eigenvalue weighted by atomic mass is 15.4. The molecule has 1 aliphatic carbocycles. The fourth-order valence-electron chi connectivity index (χ4n) is 3.85. The monoisotopic (exact) mass is 291 g/mol. The Balaban J connectivity index is 1.63. The van der Waals surface area contributed by atoms with E-state index in [9.17, 15) is 0 Å². The molecule has 5 heteroatoms. The molecule has 0 aromatic carbocycles. The number of hydrogen-bond donors (Lipinski definition) is 1. The third-order valence-corrected chi connectivity index (χ3v) is 4.86. The molecule has 1 aliphatic heterocycles. The Kier molecular flexibility index (Phi) is 4.60. The summed E-state index contributed by atoms with van der Waals surface area (Å²) in [5, 5.41) is 8.20. The average molecular weight is 291 g/mol. The van der Waals surface area contributed by atoms with E-state index in [0.717, 1.165) is 32.0 Å². The van der Waals surface area contributed by atoms with E-state index in [2.05, 4.69) is 38.8 Å². The van der Waals surface area contributed by atoms with Gasteiger partial charge >= 0.3 is 0 Å². The average Bonchev–Trinajstić information content (AvgIpc) is 2.86. The molecule has 21 heavy (non-hydrogen) atoms. The molecule has 0 atom stereocenters. The van der Waals surface area contributed by atoms with E-state index in [1.54, 1.807) is 6.33 Å². The van der Waals surface area contributed by atoms with Crippen LogP contribution in [0.4, 0.5) is 0 Å². The van der Waals surface area contributed by atoms with Crippen LogP contribution in [-0.4, -0.2) is 44.8 Å². The standard InChI is InChI=1S/C16H29N5/c1-14(2)10-21-15(17-13-19-21)11-20-9-8-18-16(12-20)6-4-3-5-7-16/h13-14,18H,3-12H2,1-2H3. The number of hydrogen-bond acceptors (Lipinski definition) is 4. The second kappa shape index (κ2) is 6.44. The molecule has 118 valence electrons. The molecular formula is C16H29N5. The summed E-state index contributed by atoms with van der Waals surface area (Å²) >= 11 is 0. The SMILES string of the molecule is CC(C)Cn1ncnc1CN1CCNC2(CCCCC2)C1. The van der Waals surface area contributed by atoms with Gasteiger partial charge in [0.05, 0.1) is 6.54 Å². The van der Waals surface area contributed by atoms with Crippen LogP contribution in [-0.2, 0) is 13.1 Å². The van der Waals surface area contributed by atoms with Crippen molar-refractivity contribution >= 4 is 0 Å². The minimum Gasteiger partial charge on any atom is -0.309 e. The molecule has 2 aliphatic rings. The maximum Gasteiger partial charge on any atom is 0.141 e. The van der Waals surface area contributed by atoms with Crippen LogP contribution in [0.3, 0.4) is 0 Å². The first-order chi connectivity index (χ1) is 10.2. The van der Waals surface area contributed by atoms with Crippen LogP contribution < -0.4 is 5.32 Å². The third kappa shape index (κ3) is 3.64. The lowest BCUT2D eigenvalue weighted by molar-refractivity contribution is 0.0913. The first-order valence-electron chi connectivity index (χ1n) is 8.51. The smallest absolute Gasteiger partial charge is 0.141 e. The lowest BCUT2D eigenvalue weighted by Gasteiger charge is -2.46. The summed E-state index contributed by atoms with van der Waals surface area (Å²) in [6.45, 7) is 9.76. The molecule has 1 N–H and O–H groups in total. The fraction of sp³-hybridized carbons (Fsp3) is 0.875. The molecule has 1 spiro atoms. The number of aromatic nitrogens is 3. The largest absolute Gasteiger partial charge is 0.309 e. The van der Waals surface area contributed by atoms with Gasteiger partial charge in [0.2, 0.25) is 0 Å². The Morgan fingerprint density at radius 1 is 1.29 bits per heavy atom. The topological polar surface area (TPSA) is 46.0 Å². The molecule has 1 aromatic rings. The lowest BCUT2D eigenvalue weighted by atomic mass is 9.80. The molecule has 1 saturated heterocycles. The van der Waals surface area contributed by atoms with E-state index >= 15 is 0 Å². The Labute approximate surface area is 128 Å². The summed E-state index contributed by atoms with van der Waals surface area (Å²) < 4.78 is 2.08. The first kappa shape index (κ1) is 15.0. The van der Waals surface area contributed by atoms with Crippen molar-refractivity contribution in [2.45, 2.75) is 64.6 Å². The quantitative estimate of drug-likeness (QED) is 0.922. The second-order valence-electron chi connectivity index (χ2n) is 7.23. The van der Waals surface area contributed by atoms with Gasteiger partial charge in [0.15, 0.2) is 0 Å². The Hall–Kier alpha value is -0.940. The van der Waals surface area contributed by atoms with Crippen LogP contribution in [0.1, 0.15) is 51.8 Å². The van der Waals surface area contributed by atoms with Crippen LogP contribution in [0.2, 0.25) is 0 Å². The van der Waals surface area contributed by atoms with Gasteiger partial charge in [-0.15, -0.1) is 0 Å². The molecular weight excluding hydrogens is 262 g/mol. The van der Waals surface area contributed by atoms with Gasteiger partial charge in [-0.2, -0.15) is 5.10 Å². The predicted octanol–water partition coefficient (Wildman–Crippen LogP) is 2.04. The lowest BCUT2D eigenvalue weighted by Crippen LogP contribution is -2.60. The van der Waals surface area contributed by atoms with Gasteiger partial charge in [0.25, 0.3) is 0 Å². The first-order valence-corrected chi connectivity index (χ1v) is 8.51. The van der Waals surface area contributed by atoms with E-state index in [0.29, 0.717) is 11.5 Å². The van der Waals surface area contributed by atoms with E-state index in [4.69, 9.17) is 0 Å². The van der Waals surface area contributed by atoms with Crippen molar-refractivity contribution in [2.75, 3.05) is 19.6 Å². The van der Waals surface area contributed by atoms with Crippen molar-refractivity contribution in [1.29, 1.82) is 0 Å². The summed E-state index contributed by atoms with van der Waals surface area (Å²) in [6, 6.07) is 0. The van der Waals surface area contributed by atoms with Gasteiger partial charge in [-0.1, -0.05) is 33.1 Å². The second-order valence-corrected chi connectivity index (χ2v) is 7.23. The summed E-state index contributed by atoms with van der Waals surface area (Å²) in [7, 11) is 0. The highest BCUT2D eigenvalue weighted by Crippen LogP contribution is 2.30. The van der Waals surface area contributed by atoms with Gasteiger partial charge < -0.3 is 5.32 Å². The molecule has 0 amide bonds. The Morgan fingerprint density at radius 2 is 2.10 bits per heavy atom. The van der Waals surface area contributed by atoms with Crippen LogP contribution in [0, 0.1) is 5.92 Å². The Morgan fingerprint density at radius 3 is 2.86 bits per heavy atom. The van der Waals surface area contributed by atoms with Crippen molar-refractivity contribution in [3.8, 4) is 0 Å². The number of nitrogens with zero attached hydrogens (tertiary/aromatic N) is 4. The number of nitrogens with one attached hydrogen (secondary N) is 1. The normalized spacial score (nSPS) is 23.0. The highest BCUT2D eigenvalue weighted by Gasteiger charge is 2.36. The molecule has 1 aromatic heterocycles. The minimum absolute atomic E-state index is 0.374. The van der Waals surface area contributed by atoms with Gasteiger partial charge in [-0.25, -0.2) is 9.67 Å². The molecule has 2 fully saturated rings. The predicted molar refractivity (Wildman–Crippen MR) is 84.0 cm³/mol. The van der Waals surface area contributed by atoms with Crippen molar-refractivity contribution in [3.63, 3.8) is 0 Å². The molecule has 1 saturated carbocycles. The zero-order chi connectivity index (χ0) is 14.7. The maximum atomic E-state index is 4.49. The number of piperazine rings is 1. The van der Waals surface area contributed by atoms with E-state index in [1.807, 2.05) is 0 Å². The zero-order valence-corrected chi connectivity index (χ0v) is 13.5. The summed E-state index contributed by atoms with van der Waals surface area (Å²) in [6.07, 6.45) is 8.54. The zero-order valence-electron chi connectivity index (χ0n) is 13.5. The molecule has 2 heterocycles. The molecule has 5 nitrogen and oxygen atoms in total. The van der Waals surface area contributed by atoms with Crippen molar-refractivity contribution in [1.82, 2.24) is 25.0 Å². The summed E-state index contributed by atoms with van der Waals surface area (Å²) in [5.41, 5.74) is 0.374. The molecule has 0 unspecified atom stereocenters. The van der Waals surface area contributed by atoms with Crippen LogP contribution in [0.25, 0.3) is 0 Å². The molecule has 3 rings (SSSR count). The van der Waals surface area contributed by atoms with Crippen LogP contribution >= 0.6 is 0 Å². The van der Waals surface area contributed by atoms with Crippen LogP contribution in [0.5, 0.6) is 0 Å². The molecule has 0 radical (unpaired) electrons. The van der Waals surface area contributed by atoms with E-state index in [-0.39, 0.29) is 0 Å². The van der Waals surface area contributed by atoms with E-state index < -0.39 is 0 Å². The van der Waals surface area contributed by atoms with Crippen molar-refractivity contribution < 1.29 is 0 Å². The highest BCUT2D eigenvalue weighted by molar-refractivity contribution is 4.98.